The second-order valence-corrected chi connectivity index (χ2v) is 9.94. The molecule has 0 aliphatic carbocycles. The molecule has 2 amide bonds. The Balaban J connectivity index is 1.58. The van der Waals surface area contributed by atoms with E-state index in [0.717, 1.165) is 18.4 Å². The summed E-state index contributed by atoms with van der Waals surface area (Å²) in [5.41, 5.74) is 2.68. The molecule has 3 aromatic rings. The third-order valence-electron chi connectivity index (χ3n) is 5.29. The van der Waals surface area contributed by atoms with Crippen molar-refractivity contribution in [1.29, 1.82) is 0 Å². The molecule has 0 bridgehead atoms. The van der Waals surface area contributed by atoms with Crippen molar-refractivity contribution in [3.05, 3.63) is 82.9 Å². The molecule has 1 heterocycles. The molecule has 0 fully saturated rings. The number of fused-ring (bicyclic) bond motifs is 1. The van der Waals surface area contributed by atoms with Crippen molar-refractivity contribution in [2.45, 2.75) is 24.7 Å². The van der Waals surface area contributed by atoms with Gasteiger partial charge in [-0.15, -0.1) is 0 Å². The van der Waals surface area contributed by atoms with Gasteiger partial charge < -0.3 is 10.6 Å². The number of sulfonamides is 1. The Morgan fingerprint density at radius 3 is 2.52 bits per heavy atom. The molecule has 2 N–H and O–H groups in total. The number of carbonyl (C=O) groups excluding carboxylic acids is 2. The first-order chi connectivity index (χ1) is 15.8. The first kappa shape index (κ1) is 22.8. The maximum Gasteiger partial charge on any atom is 0.264 e. The summed E-state index contributed by atoms with van der Waals surface area (Å²) in [6, 6.07) is 18.1. The first-order valence-electron chi connectivity index (χ1n) is 10.3. The van der Waals surface area contributed by atoms with Crippen molar-refractivity contribution in [3.63, 3.8) is 0 Å². The molecule has 1 aliphatic heterocycles. The predicted molar refractivity (Wildman–Crippen MR) is 129 cm³/mol. The summed E-state index contributed by atoms with van der Waals surface area (Å²) in [6.07, 6.45) is 1.55. The molecule has 0 atom stereocenters. The Bertz CT molecular complexity index is 1340. The van der Waals surface area contributed by atoms with Crippen LogP contribution in [0.25, 0.3) is 0 Å². The molecule has 0 aromatic heterocycles. The van der Waals surface area contributed by atoms with Crippen molar-refractivity contribution in [3.8, 4) is 0 Å². The number of amides is 2. The minimum absolute atomic E-state index is 0.0407. The van der Waals surface area contributed by atoms with E-state index in [1.165, 1.54) is 35.5 Å². The Morgan fingerprint density at radius 2 is 1.76 bits per heavy atom. The molecule has 170 valence electrons. The minimum atomic E-state index is -3.84. The van der Waals surface area contributed by atoms with Gasteiger partial charge in [0.2, 0.25) is 5.91 Å². The number of halogens is 1. The third-order valence-corrected chi connectivity index (χ3v) is 7.41. The van der Waals surface area contributed by atoms with Crippen molar-refractivity contribution < 1.29 is 18.0 Å². The van der Waals surface area contributed by atoms with Crippen LogP contribution >= 0.6 is 11.6 Å². The van der Waals surface area contributed by atoms with Gasteiger partial charge in [-0.2, -0.15) is 0 Å². The number of aryl methyl sites for hydroxylation is 1. The molecule has 0 unspecified atom stereocenters. The first-order valence-corrected chi connectivity index (χ1v) is 12.2. The Hall–Kier alpha value is -3.36. The molecule has 0 saturated carbocycles. The lowest BCUT2D eigenvalue weighted by Crippen LogP contribution is -2.35. The quantitative estimate of drug-likeness (QED) is 0.550. The molecule has 4 rings (SSSR count). The number of anilines is 3. The van der Waals surface area contributed by atoms with Gasteiger partial charge in [0.05, 0.1) is 21.3 Å². The monoisotopic (exact) mass is 483 g/mol. The van der Waals surface area contributed by atoms with Crippen LogP contribution < -0.4 is 14.9 Å². The third kappa shape index (κ3) is 4.86. The van der Waals surface area contributed by atoms with Gasteiger partial charge in [-0.25, -0.2) is 8.42 Å². The number of hydrogen-bond donors (Lipinski definition) is 2. The van der Waals surface area contributed by atoms with Crippen LogP contribution in [0, 0.1) is 0 Å². The van der Waals surface area contributed by atoms with E-state index in [0.29, 0.717) is 23.6 Å². The highest BCUT2D eigenvalue weighted by Crippen LogP contribution is 2.32. The SMILES string of the molecule is CC(=O)Nc1ccc(NC(=O)c2cccc(S(=O)(=O)N3CCCc4ccccc43)c2)c(Cl)c1. The van der Waals surface area contributed by atoms with Gasteiger partial charge >= 0.3 is 0 Å². The lowest BCUT2D eigenvalue weighted by Gasteiger charge is -2.30. The summed E-state index contributed by atoms with van der Waals surface area (Å²) in [6.45, 7) is 1.76. The zero-order valence-corrected chi connectivity index (χ0v) is 19.4. The average molecular weight is 484 g/mol. The predicted octanol–water partition coefficient (Wildman–Crippen LogP) is 4.69. The summed E-state index contributed by atoms with van der Waals surface area (Å²) < 4.78 is 28.2. The van der Waals surface area contributed by atoms with E-state index in [-0.39, 0.29) is 21.4 Å². The molecule has 7 nitrogen and oxygen atoms in total. The van der Waals surface area contributed by atoms with E-state index in [4.69, 9.17) is 11.6 Å². The van der Waals surface area contributed by atoms with Crippen molar-refractivity contribution in [2.24, 2.45) is 0 Å². The van der Waals surface area contributed by atoms with Crippen molar-refractivity contribution in [1.82, 2.24) is 0 Å². The molecule has 0 saturated heterocycles. The minimum Gasteiger partial charge on any atom is -0.326 e. The molecular weight excluding hydrogens is 462 g/mol. The zero-order valence-electron chi connectivity index (χ0n) is 17.8. The van der Waals surface area contributed by atoms with Crippen LogP contribution in [0.15, 0.2) is 71.6 Å². The molecular formula is C24H22ClN3O4S. The second kappa shape index (κ2) is 9.25. The Labute approximate surface area is 197 Å². The molecule has 0 radical (unpaired) electrons. The molecule has 1 aliphatic rings. The van der Waals surface area contributed by atoms with Gasteiger partial charge in [-0.1, -0.05) is 35.9 Å². The smallest absolute Gasteiger partial charge is 0.264 e. The van der Waals surface area contributed by atoms with Gasteiger partial charge in [0.15, 0.2) is 0 Å². The number of rotatable bonds is 5. The average Bonchev–Trinajstić information content (AvgIpc) is 2.80. The highest BCUT2D eigenvalue weighted by atomic mass is 35.5. The molecule has 33 heavy (non-hydrogen) atoms. The fraction of sp³-hybridized carbons (Fsp3) is 0.167. The van der Waals surface area contributed by atoms with E-state index in [1.54, 1.807) is 24.3 Å². The van der Waals surface area contributed by atoms with Gasteiger partial charge in [-0.3, -0.25) is 13.9 Å². The zero-order chi connectivity index (χ0) is 23.6. The van der Waals surface area contributed by atoms with Crippen LogP contribution in [0.4, 0.5) is 17.1 Å². The van der Waals surface area contributed by atoms with Crippen LogP contribution in [0.3, 0.4) is 0 Å². The lowest BCUT2D eigenvalue weighted by molar-refractivity contribution is -0.114. The van der Waals surface area contributed by atoms with Gasteiger partial charge in [0, 0.05) is 24.7 Å². The maximum absolute atomic E-state index is 13.4. The summed E-state index contributed by atoms with van der Waals surface area (Å²) in [5.74, 6) is -0.738. The van der Waals surface area contributed by atoms with E-state index in [9.17, 15) is 18.0 Å². The highest BCUT2D eigenvalue weighted by Gasteiger charge is 2.29. The van der Waals surface area contributed by atoms with Crippen molar-refractivity contribution in [2.75, 3.05) is 21.5 Å². The number of nitrogens with zero attached hydrogens (tertiary/aromatic N) is 1. The summed E-state index contributed by atoms with van der Waals surface area (Å²) in [7, 11) is -3.84. The summed E-state index contributed by atoms with van der Waals surface area (Å²) in [5, 5.41) is 5.54. The van der Waals surface area contributed by atoms with E-state index in [2.05, 4.69) is 10.6 Å². The summed E-state index contributed by atoms with van der Waals surface area (Å²) in [4.78, 5) is 24.1. The van der Waals surface area contributed by atoms with Crippen LogP contribution in [-0.2, 0) is 21.2 Å². The normalized spacial score (nSPS) is 13.2. The number of nitrogens with one attached hydrogen (secondary N) is 2. The lowest BCUT2D eigenvalue weighted by atomic mass is 10.0. The molecule has 0 spiro atoms. The number of hydrogen-bond acceptors (Lipinski definition) is 4. The van der Waals surface area contributed by atoms with E-state index >= 15 is 0 Å². The van der Waals surface area contributed by atoms with E-state index in [1.807, 2.05) is 18.2 Å². The fourth-order valence-corrected chi connectivity index (χ4v) is 5.58. The number of para-hydroxylation sites is 1. The molecule has 9 heteroatoms. The molecule has 3 aromatic carbocycles. The highest BCUT2D eigenvalue weighted by molar-refractivity contribution is 7.92. The van der Waals surface area contributed by atoms with Gasteiger partial charge in [0.1, 0.15) is 0 Å². The van der Waals surface area contributed by atoms with Crippen LogP contribution in [0.2, 0.25) is 5.02 Å². The van der Waals surface area contributed by atoms with Crippen LogP contribution in [0.5, 0.6) is 0 Å². The van der Waals surface area contributed by atoms with Crippen LogP contribution in [-0.4, -0.2) is 26.8 Å². The fourth-order valence-electron chi connectivity index (χ4n) is 3.77. The second-order valence-electron chi connectivity index (χ2n) is 7.67. The topological polar surface area (TPSA) is 95.6 Å². The maximum atomic E-state index is 13.4. The number of carbonyl (C=O) groups is 2. The van der Waals surface area contributed by atoms with Crippen molar-refractivity contribution >= 4 is 50.5 Å². The summed E-state index contributed by atoms with van der Waals surface area (Å²) >= 11 is 6.23. The number of benzene rings is 3. The van der Waals surface area contributed by atoms with E-state index < -0.39 is 15.9 Å². The van der Waals surface area contributed by atoms with Gasteiger partial charge in [-0.05, 0) is 60.9 Å². The largest absolute Gasteiger partial charge is 0.326 e. The van der Waals surface area contributed by atoms with Crippen LogP contribution in [0.1, 0.15) is 29.3 Å². The Kier molecular flexibility index (Phi) is 6.40. The Morgan fingerprint density at radius 1 is 0.970 bits per heavy atom. The van der Waals surface area contributed by atoms with Gasteiger partial charge in [0.25, 0.3) is 15.9 Å². The standard InChI is InChI=1S/C24H22ClN3O4S/c1-16(29)26-19-11-12-22(21(25)15-19)27-24(30)18-7-4-9-20(14-18)33(31,32)28-13-5-8-17-6-2-3-10-23(17)28/h2-4,6-7,9-12,14-15H,5,8,13H2,1H3,(H,26,29)(H,27,30).